The lowest BCUT2D eigenvalue weighted by molar-refractivity contribution is 0.383. The highest BCUT2D eigenvalue weighted by molar-refractivity contribution is 6.13. The predicted molar refractivity (Wildman–Crippen MR) is 277 cm³/mol. The third-order valence-corrected chi connectivity index (χ3v) is 12.8. The summed E-state index contributed by atoms with van der Waals surface area (Å²) in [6.07, 6.45) is 1.52. The van der Waals surface area contributed by atoms with Crippen molar-refractivity contribution in [1.82, 2.24) is 19.9 Å². The number of aryl methyl sites for hydroxylation is 4. The van der Waals surface area contributed by atoms with Crippen molar-refractivity contribution in [2.75, 3.05) is 7.05 Å². The topological polar surface area (TPSA) is 66.6 Å². The smallest absolute Gasteiger partial charge is 0.159 e. The fourth-order valence-corrected chi connectivity index (χ4v) is 9.50. The Balaban J connectivity index is 1.05. The molecule has 0 aliphatic carbocycles. The third-order valence-electron chi connectivity index (χ3n) is 12.8. The number of aromatic nitrogens is 3. The number of pyridine rings is 3. The lowest BCUT2D eigenvalue weighted by Crippen LogP contribution is -2.35. The van der Waals surface area contributed by atoms with Gasteiger partial charge in [0.05, 0.1) is 11.4 Å². The molecule has 67 heavy (non-hydrogen) atoms. The maximum absolute atomic E-state index is 5.51. The van der Waals surface area contributed by atoms with Crippen LogP contribution in [0.3, 0.4) is 0 Å². The van der Waals surface area contributed by atoms with Crippen molar-refractivity contribution in [2.24, 2.45) is 9.98 Å². The van der Waals surface area contributed by atoms with Crippen LogP contribution in [0.1, 0.15) is 45.5 Å². The van der Waals surface area contributed by atoms with Crippen LogP contribution in [0.5, 0.6) is 0 Å². The molecule has 1 atom stereocenters. The molecule has 322 valence electrons. The fraction of sp³-hybridized carbons (Fsp3) is 0.0984. The van der Waals surface area contributed by atoms with E-state index in [1.54, 1.807) is 0 Å². The first-order valence-electron chi connectivity index (χ1n) is 22.8. The highest BCUT2D eigenvalue weighted by Gasteiger charge is 2.28. The molecule has 0 saturated heterocycles. The average Bonchev–Trinajstić information content (AvgIpc) is 3.36. The van der Waals surface area contributed by atoms with Gasteiger partial charge < -0.3 is 4.90 Å². The van der Waals surface area contributed by atoms with E-state index in [0.29, 0.717) is 5.84 Å². The fourth-order valence-electron chi connectivity index (χ4n) is 9.50. The molecule has 0 bridgehead atoms. The number of rotatable bonds is 8. The molecule has 0 saturated carbocycles. The van der Waals surface area contributed by atoms with Crippen molar-refractivity contribution in [1.29, 1.82) is 0 Å². The highest BCUT2D eigenvalue weighted by atomic mass is 15.3. The van der Waals surface area contributed by atoms with Gasteiger partial charge in [-0.15, -0.1) is 0 Å². The number of aliphatic imine (C=N–C) groups is 2. The van der Waals surface area contributed by atoms with E-state index in [1.165, 1.54) is 27.1 Å². The minimum Gasteiger partial charge on any atom is -0.333 e. The second-order valence-corrected chi connectivity index (χ2v) is 17.7. The van der Waals surface area contributed by atoms with E-state index < -0.39 is 6.17 Å². The van der Waals surface area contributed by atoms with Gasteiger partial charge in [0.25, 0.3) is 0 Å². The number of fused-ring (bicyclic) bond motifs is 3. The molecule has 0 fully saturated rings. The second kappa shape index (κ2) is 17.2. The summed E-state index contributed by atoms with van der Waals surface area (Å²) < 4.78 is 0. The third kappa shape index (κ3) is 8.30. The Hall–Kier alpha value is -8.35. The first-order valence-corrected chi connectivity index (χ1v) is 22.8. The van der Waals surface area contributed by atoms with Gasteiger partial charge in [-0.05, 0) is 154 Å². The van der Waals surface area contributed by atoms with Crippen LogP contribution < -0.4 is 0 Å². The zero-order valence-electron chi connectivity index (χ0n) is 38.2. The maximum Gasteiger partial charge on any atom is 0.159 e. The Morgan fingerprint density at radius 3 is 1.70 bits per heavy atom. The van der Waals surface area contributed by atoms with Gasteiger partial charge in [0.1, 0.15) is 5.84 Å². The number of benzene rings is 7. The molecule has 6 heteroatoms. The summed E-state index contributed by atoms with van der Waals surface area (Å²) in [6, 6.07) is 67.2. The molecule has 0 N–H and O–H groups in total. The molecule has 0 radical (unpaired) electrons. The minimum atomic E-state index is -0.415. The largest absolute Gasteiger partial charge is 0.333 e. The van der Waals surface area contributed by atoms with Crippen LogP contribution in [0.15, 0.2) is 204 Å². The summed E-state index contributed by atoms with van der Waals surface area (Å²) in [7, 11) is 2.09. The molecule has 1 aliphatic heterocycles. The van der Waals surface area contributed by atoms with E-state index in [0.717, 1.165) is 95.5 Å². The molecule has 0 amide bonds. The molecule has 3 aromatic heterocycles. The van der Waals surface area contributed by atoms with Crippen LogP contribution in [0.25, 0.3) is 77.4 Å². The van der Waals surface area contributed by atoms with Gasteiger partial charge in [-0.1, -0.05) is 127 Å². The lowest BCUT2D eigenvalue weighted by Gasteiger charge is -2.33. The molecule has 4 heterocycles. The molecule has 6 nitrogen and oxygen atoms in total. The average molecular weight is 865 g/mol. The molecule has 1 unspecified atom stereocenters. The van der Waals surface area contributed by atoms with Gasteiger partial charge in [-0.2, -0.15) is 0 Å². The van der Waals surface area contributed by atoms with Crippen LogP contribution >= 0.6 is 0 Å². The van der Waals surface area contributed by atoms with Gasteiger partial charge in [0.2, 0.25) is 0 Å². The van der Waals surface area contributed by atoms with Gasteiger partial charge in [0, 0.05) is 52.6 Å². The van der Waals surface area contributed by atoms with E-state index >= 15 is 0 Å². The zero-order chi connectivity index (χ0) is 45.6. The molecule has 10 aromatic rings. The molecule has 11 rings (SSSR count). The van der Waals surface area contributed by atoms with Crippen molar-refractivity contribution >= 4 is 33.2 Å². The zero-order valence-corrected chi connectivity index (χ0v) is 38.2. The second-order valence-electron chi connectivity index (χ2n) is 17.7. The summed E-state index contributed by atoms with van der Waals surface area (Å²) in [5.41, 5.74) is 17.8. The van der Waals surface area contributed by atoms with Gasteiger partial charge >= 0.3 is 0 Å². The maximum atomic E-state index is 5.51. The van der Waals surface area contributed by atoms with Crippen molar-refractivity contribution < 1.29 is 0 Å². The predicted octanol–water partition coefficient (Wildman–Crippen LogP) is 14.6. The van der Waals surface area contributed by atoms with Crippen LogP contribution in [0.4, 0.5) is 0 Å². The quantitative estimate of drug-likeness (QED) is 0.143. The SMILES string of the molecule is Cc1cc(C)nc(-c2ccc(C3=NC(c4cc(-c5ccc(-c6cc(C)nc(C)c6)cc5)cc(-c5ccc6c(ccc7ccccc76)c5)c4)N(C)C(c4ccc(-c5ccccc5)nc4)=N3)cc2)c1. The Labute approximate surface area is 391 Å². The molecule has 1 aliphatic rings. The van der Waals surface area contributed by atoms with Crippen molar-refractivity contribution in [3.63, 3.8) is 0 Å². The molecular formula is C61H48N6. The van der Waals surface area contributed by atoms with Crippen LogP contribution in [0, 0.1) is 27.7 Å². The summed E-state index contributed by atoms with van der Waals surface area (Å²) in [6.45, 7) is 8.25. The number of amidine groups is 2. The van der Waals surface area contributed by atoms with Crippen molar-refractivity contribution in [3.8, 4) is 55.9 Å². The van der Waals surface area contributed by atoms with Gasteiger partial charge in [0.15, 0.2) is 12.0 Å². The van der Waals surface area contributed by atoms with Crippen molar-refractivity contribution in [2.45, 2.75) is 33.9 Å². The standard InChI is InChI=1S/C61H48N6/c1-38-29-39(2)64-58(30-38)46-20-22-47(23-21-46)59-65-60(50-26-28-57(62-37-50)45-12-7-6-8-13-45)67(5)61(66-59)54-35-52(43-17-15-42(16-18-43)51-31-40(3)63-41(4)32-51)34-53(36-54)48-25-27-56-49(33-48)24-19-44-11-9-10-14-55(44)56/h6-37,61H,1-5H3. The van der Waals surface area contributed by atoms with Crippen LogP contribution in [-0.4, -0.2) is 38.6 Å². The Morgan fingerprint density at radius 1 is 0.403 bits per heavy atom. The first-order chi connectivity index (χ1) is 32.7. The van der Waals surface area contributed by atoms with E-state index in [-0.39, 0.29) is 0 Å². The minimum absolute atomic E-state index is 0.415. The van der Waals surface area contributed by atoms with E-state index in [1.807, 2.05) is 31.3 Å². The normalized spacial score (nSPS) is 13.7. The highest BCUT2D eigenvalue weighted by Crippen LogP contribution is 2.38. The Kier molecular flexibility index (Phi) is 10.6. The summed E-state index contributed by atoms with van der Waals surface area (Å²) in [4.78, 5) is 27.4. The number of nitrogens with zero attached hydrogens (tertiary/aromatic N) is 6. The summed E-state index contributed by atoms with van der Waals surface area (Å²) >= 11 is 0. The Bertz CT molecular complexity index is 3520. The molecule has 0 spiro atoms. The van der Waals surface area contributed by atoms with Crippen molar-refractivity contribution in [3.05, 3.63) is 234 Å². The van der Waals surface area contributed by atoms with E-state index in [9.17, 15) is 0 Å². The summed E-state index contributed by atoms with van der Waals surface area (Å²) in [5.74, 6) is 1.45. The van der Waals surface area contributed by atoms with Gasteiger partial charge in [-0.3, -0.25) is 15.0 Å². The lowest BCUT2D eigenvalue weighted by atomic mass is 9.92. The Morgan fingerprint density at radius 2 is 0.985 bits per heavy atom. The molecular weight excluding hydrogens is 817 g/mol. The number of hydrogen-bond acceptors (Lipinski definition) is 6. The summed E-state index contributed by atoms with van der Waals surface area (Å²) in [5, 5.41) is 4.93. The monoisotopic (exact) mass is 864 g/mol. The first kappa shape index (κ1) is 41.4. The number of hydrogen-bond donors (Lipinski definition) is 0. The van der Waals surface area contributed by atoms with E-state index in [2.05, 4.69) is 208 Å². The molecule has 7 aromatic carbocycles. The van der Waals surface area contributed by atoms with Crippen LogP contribution in [-0.2, 0) is 0 Å². The van der Waals surface area contributed by atoms with Crippen LogP contribution in [0.2, 0.25) is 0 Å². The van der Waals surface area contributed by atoms with E-state index in [4.69, 9.17) is 20.0 Å². The van der Waals surface area contributed by atoms with Gasteiger partial charge in [-0.25, -0.2) is 9.98 Å².